The molecule has 0 bridgehead atoms. The van der Waals surface area contributed by atoms with Crippen LogP contribution in [0.5, 0.6) is 0 Å². The van der Waals surface area contributed by atoms with E-state index in [-0.39, 0.29) is 5.41 Å². The second-order valence-electron chi connectivity index (χ2n) is 7.50. The summed E-state index contributed by atoms with van der Waals surface area (Å²) in [6.45, 7) is 7.95. The number of rotatable bonds is 4. The lowest BCUT2D eigenvalue weighted by Gasteiger charge is -2.25. The molecule has 1 atom stereocenters. The number of likely N-dealkylation sites (tertiary alicyclic amines) is 1. The van der Waals surface area contributed by atoms with Crippen molar-refractivity contribution in [1.29, 1.82) is 0 Å². The van der Waals surface area contributed by atoms with Crippen molar-refractivity contribution in [3.8, 4) is 0 Å². The van der Waals surface area contributed by atoms with E-state index < -0.39 is 0 Å². The normalized spacial score (nSPS) is 23.6. The summed E-state index contributed by atoms with van der Waals surface area (Å²) in [6, 6.07) is 10.6. The molecule has 2 aromatic rings. The number of carbonyl (C=O) groups is 1. The Morgan fingerprint density at radius 1 is 1.25 bits per heavy atom. The number of hydrogen-bond acceptors (Lipinski definition) is 3. The average molecular weight is 340 g/mol. The molecule has 3 heterocycles. The molecule has 2 aliphatic rings. The van der Waals surface area contributed by atoms with Crippen LogP contribution in [0, 0.1) is 5.92 Å². The molecule has 0 aliphatic carbocycles. The van der Waals surface area contributed by atoms with Crippen molar-refractivity contribution in [2.75, 3.05) is 24.5 Å². The molecular formula is C20H24N2OS. The van der Waals surface area contributed by atoms with Crippen LogP contribution >= 0.6 is 11.3 Å². The number of hydrogen-bond donors (Lipinski definition) is 0. The highest BCUT2D eigenvalue weighted by molar-refractivity contribution is 7.07. The van der Waals surface area contributed by atoms with Crippen LogP contribution in [-0.4, -0.2) is 30.4 Å². The van der Waals surface area contributed by atoms with Gasteiger partial charge >= 0.3 is 0 Å². The number of amides is 1. The van der Waals surface area contributed by atoms with Crippen LogP contribution in [0.2, 0.25) is 0 Å². The van der Waals surface area contributed by atoms with Crippen LogP contribution in [-0.2, 0) is 16.8 Å². The lowest BCUT2D eigenvalue weighted by molar-refractivity contribution is -0.122. The Bertz CT molecular complexity index is 740. The summed E-state index contributed by atoms with van der Waals surface area (Å²) in [4.78, 5) is 17.8. The summed E-state index contributed by atoms with van der Waals surface area (Å²) in [5.41, 5.74) is 3.40. The number of para-hydroxylation sites is 1. The number of thiophene rings is 1. The molecule has 1 aromatic carbocycles. The van der Waals surface area contributed by atoms with Gasteiger partial charge in [-0.3, -0.25) is 9.69 Å². The molecule has 2 aliphatic heterocycles. The number of anilines is 1. The van der Waals surface area contributed by atoms with Crippen LogP contribution in [0.25, 0.3) is 0 Å². The van der Waals surface area contributed by atoms with Crippen LogP contribution in [0.1, 0.15) is 31.4 Å². The second kappa shape index (κ2) is 6.01. The van der Waals surface area contributed by atoms with Gasteiger partial charge in [-0.05, 0) is 52.9 Å². The molecule has 1 spiro atoms. The molecule has 0 N–H and O–H groups in total. The van der Waals surface area contributed by atoms with Crippen molar-refractivity contribution >= 4 is 22.9 Å². The maximum atomic E-state index is 13.4. The monoisotopic (exact) mass is 340 g/mol. The largest absolute Gasteiger partial charge is 0.311 e. The fourth-order valence-electron chi connectivity index (χ4n) is 4.20. The van der Waals surface area contributed by atoms with Gasteiger partial charge in [-0.25, -0.2) is 0 Å². The zero-order valence-electron chi connectivity index (χ0n) is 14.4. The predicted octanol–water partition coefficient (Wildman–Crippen LogP) is 3.89. The van der Waals surface area contributed by atoms with Gasteiger partial charge in [0.2, 0.25) is 5.91 Å². The molecule has 1 saturated heterocycles. The van der Waals surface area contributed by atoms with Gasteiger partial charge in [-0.15, -0.1) is 0 Å². The van der Waals surface area contributed by atoms with Crippen molar-refractivity contribution in [3.63, 3.8) is 0 Å². The quantitative estimate of drug-likeness (QED) is 0.843. The number of benzene rings is 1. The zero-order chi connectivity index (χ0) is 16.7. The van der Waals surface area contributed by atoms with E-state index in [0.717, 1.165) is 38.3 Å². The van der Waals surface area contributed by atoms with Crippen LogP contribution < -0.4 is 4.90 Å². The van der Waals surface area contributed by atoms with E-state index in [0.29, 0.717) is 11.8 Å². The van der Waals surface area contributed by atoms with Gasteiger partial charge in [-0.2, -0.15) is 11.3 Å². The first-order chi connectivity index (χ1) is 11.6. The minimum absolute atomic E-state index is 0.310. The molecule has 4 rings (SSSR count). The van der Waals surface area contributed by atoms with Gasteiger partial charge in [-0.1, -0.05) is 32.0 Å². The molecule has 3 nitrogen and oxygen atoms in total. The highest BCUT2D eigenvalue weighted by Crippen LogP contribution is 2.47. The van der Waals surface area contributed by atoms with Gasteiger partial charge in [0.05, 0.1) is 5.41 Å². The molecule has 4 heteroatoms. The third-order valence-corrected chi connectivity index (χ3v) is 5.98. The summed E-state index contributed by atoms with van der Waals surface area (Å²) in [5, 5.41) is 4.34. The topological polar surface area (TPSA) is 23.6 Å². The summed E-state index contributed by atoms with van der Waals surface area (Å²) in [6.07, 6.45) is 0.932. The number of carbonyl (C=O) groups excluding carboxylic acids is 1. The van der Waals surface area contributed by atoms with E-state index >= 15 is 0 Å². The van der Waals surface area contributed by atoms with E-state index in [9.17, 15) is 4.79 Å². The molecule has 1 aromatic heterocycles. The lowest BCUT2D eigenvalue weighted by Crippen LogP contribution is -2.43. The Labute approximate surface area is 147 Å². The fourth-order valence-corrected chi connectivity index (χ4v) is 4.86. The highest BCUT2D eigenvalue weighted by atomic mass is 32.1. The molecule has 0 radical (unpaired) electrons. The molecule has 126 valence electrons. The predicted molar refractivity (Wildman–Crippen MR) is 99.5 cm³/mol. The van der Waals surface area contributed by atoms with Crippen LogP contribution in [0.4, 0.5) is 5.69 Å². The van der Waals surface area contributed by atoms with Gasteiger partial charge in [0.25, 0.3) is 0 Å². The smallest absolute Gasteiger partial charge is 0.239 e. The molecule has 24 heavy (non-hydrogen) atoms. The van der Waals surface area contributed by atoms with Gasteiger partial charge in [0.1, 0.15) is 0 Å². The van der Waals surface area contributed by atoms with Gasteiger partial charge in [0, 0.05) is 25.3 Å². The maximum absolute atomic E-state index is 13.4. The Balaban J connectivity index is 1.64. The van der Waals surface area contributed by atoms with Crippen molar-refractivity contribution in [3.05, 3.63) is 52.2 Å². The Hall–Kier alpha value is -1.65. The zero-order valence-corrected chi connectivity index (χ0v) is 15.2. The van der Waals surface area contributed by atoms with Crippen LogP contribution in [0.15, 0.2) is 41.1 Å². The van der Waals surface area contributed by atoms with E-state index in [1.54, 1.807) is 11.3 Å². The van der Waals surface area contributed by atoms with Crippen molar-refractivity contribution in [1.82, 2.24) is 4.90 Å². The van der Waals surface area contributed by atoms with E-state index in [4.69, 9.17) is 0 Å². The van der Waals surface area contributed by atoms with Gasteiger partial charge < -0.3 is 4.90 Å². The SMILES string of the molecule is CC(C)CN1C(=O)C2(CCN(Cc3ccsc3)C2)c2ccccc21. The lowest BCUT2D eigenvalue weighted by atomic mass is 9.81. The summed E-state index contributed by atoms with van der Waals surface area (Å²) < 4.78 is 0. The first-order valence-electron chi connectivity index (χ1n) is 8.75. The standard InChI is InChI=1S/C20H24N2OS/c1-15(2)11-22-18-6-4-3-5-17(18)20(19(22)23)8-9-21(14-20)12-16-7-10-24-13-16/h3-7,10,13,15H,8-9,11-12,14H2,1-2H3. The summed E-state index contributed by atoms with van der Waals surface area (Å²) in [7, 11) is 0. The third kappa shape index (κ3) is 2.49. The molecule has 1 fully saturated rings. The minimum Gasteiger partial charge on any atom is -0.311 e. The maximum Gasteiger partial charge on any atom is 0.239 e. The molecule has 0 saturated carbocycles. The first-order valence-corrected chi connectivity index (χ1v) is 9.69. The third-order valence-electron chi connectivity index (χ3n) is 5.25. The van der Waals surface area contributed by atoms with E-state index in [1.807, 2.05) is 4.90 Å². The Morgan fingerprint density at radius 3 is 2.83 bits per heavy atom. The molecule has 1 amide bonds. The second-order valence-corrected chi connectivity index (χ2v) is 8.28. The Morgan fingerprint density at radius 2 is 2.08 bits per heavy atom. The number of nitrogens with zero attached hydrogens (tertiary/aromatic N) is 2. The summed E-state index contributed by atoms with van der Waals surface area (Å²) in [5.74, 6) is 0.783. The summed E-state index contributed by atoms with van der Waals surface area (Å²) >= 11 is 1.74. The minimum atomic E-state index is -0.332. The number of fused-ring (bicyclic) bond motifs is 2. The van der Waals surface area contributed by atoms with E-state index in [2.05, 4.69) is 59.8 Å². The van der Waals surface area contributed by atoms with Crippen molar-refractivity contribution in [2.24, 2.45) is 5.92 Å². The average Bonchev–Trinajstić information content (AvgIpc) is 3.26. The first kappa shape index (κ1) is 15.9. The molecular weight excluding hydrogens is 316 g/mol. The Kier molecular flexibility index (Phi) is 3.97. The van der Waals surface area contributed by atoms with Crippen molar-refractivity contribution in [2.45, 2.75) is 32.2 Å². The van der Waals surface area contributed by atoms with Gasteiger partial charge in [0.15, 0.2) is 0 Å². The van der Waals surface area contributed by atoms with Crippen molar-refractivity contribution < 1.29 is 4.79 Å². The fraction of sp³-hybridized carbons (Fsp3) is 0.450. The van der Waals surface area contributed by atoms with E-state index in [1.165, 1.54) is 11.1 Å². The molecule has 1 unspecified atom stereocenters. The highest BCUT2D eigenvalue weighted by Gasteiger charge is 2.54. The van der Waals surface area contributed by atoms with Crippen LogP contribution in [0.3, 0.4) is 0 Å².